The predicted octanol–water partition coefficient (Wildman–Crippen LogP) is 1.56. The van der Waals surface area contributed by atoms with Crippen molar-refractivity contribution >= 4 is 31.0 Å². The smallest absolute Gasteiger partial charge is 0.346 e. The fourth-order valence-corrected chi connectivity index (χ4v) is 4.90. The summed E-state index contributed by atoms with van der Waals surface area (Å²) in [7, 11) is -3.85. The molecule has 0 spiro atoms. The molecule has 0 amide bonds. The molecule has 2 aliphatic heterocycles. The van der Waals surface area contributed by atoms with E-state index in [9.17, 15) is 14.2 Å². The summed E-state index contributed by atoms with van der Waals surface area (Å²) < 4.78 is 33.1. The lowest BCUT2D eigenvalue weighted by Crippen LogP contribution is -2.44. The van der Waals surface area contributed by atoms with E-state index in [0.717, 1.165) is 10.6 Å². The van der Waals surface area contributed by atoms with Gasteiger partial charge in [0, 0.05) is 12.3 Å². The van der Waals surface area contributed by atoms with Gasteiger partial charge >= 0.3 is 13.5 Å². The van der Waals surface area contributed by atoms with E-state index >= 15 is 0 Å². The van der Waals surface area contributed by atoms with E-state index in [1.54, 1.807) is 13.8 Å². The van der Waals surface area contributed by atoms with E-state index in [1.165, 1.54) is 6.20 Å². The highest BCUT2D eigenvalue weighted by molar-refractivity contribution is 7.48. The maximum Gasteiger partial charge on any atom is 0.475 e. The molecular formula is C12H15Cl2N2O7P. The van der Waals surface area contributed by atoms with Crippen molar-refractivity contribution in [2.45, 2.75) is 42.7 Å². The lowest BCUT2D eigenvalue weighted by Gasteiger charge is -2.33. The van der Waals surface area contributed by atoms with Crippen LogP contribution < -0.4 is 11.2 Å². The van der Waals surface area contributed by atoms with Crippen LogP contribution in [-0.2, 0) is 22.9 Å². The molecule has 134 valence electrons. The van der Waals surface area contributed by atoms with Gasteiger partial charge in [0.2, 0.25) is 0 Å². The number of H-pyrrole nitrogens is 1. The van der Waals surface area contributed by atoms with E-state index in [0.29, 0.717) is 0 Å². The number of aromatic amines is 1. The Morgan fingerprint density at radius 2 is 2.17 bits per heavy atom. The van der Waals surface area contributed by atoms with Gasteiger partial charge in [-0.1, -0.05) is 23.2 Å². The minimum Gasteiger partial charge on any atom is -0.346 e. The second-order valence-corrected chi connectivity index (χ2v) is 8.66. The molecule has 0 unspecified atom stereocenters. The second kappa shape index (κ2) is 6.25. The van der Waals surface area contributed by atoms with Crippen LogP contribution in [0.3, 0.4) is 0 Å². The number of rotatable bonds is 3. The van der Waals surface area contributed by atoms with Crippen LogP contribution in [0.4, 0.5) is 0 Å². The maximum absolute atomic E-state index is 12.5. The van der Waals surface area contributed by atoms with E-state index < -0.39 is 47.9 Å². The van der Waals surface area contributed by atoms with Gasteiger partial charge in [-0.25, -0.2) is 9.36 Å². The van der Waals surface area contributed by atoms with Gasteiger partial charge in [-0.2, -0.15) is 0 Å². The van der Waals surface area contributed by atoms with Crippen LogP contribution in [0.25, 0.3) is 0 Å². The molecule has 4 atom stereocenters. The first-order valence-corrected chi connectivity index (χ1v) is 9.30. The summed E-state index contributed by atoms with van der Waals surface area (Å²) in [4.78, 5) is 25.2. The number of nitrogens with one attached hydrogen (secondary N) is 1. The van der Waals surface area contributed by atoms with Gasteiger partial charge in [0.05, 0.1) is 12.7 Å². The van der Waals surface area contributed by atoms with Crippen molar-refractivity contribution in [1.29, 1.82) is 0 Å². The van der Waals surface area contributed by atoms with Gasteiger partial charge in [-0.3, -0.25) is 27.9 Å². The predicted molar refractivity (Wildman–Crippen MR) is 84.3 cm³/mol. The van der Waals surface area contributed by atoms with Gasteiger partial charge in [0.25, 0.3) is 5.56 Å². The summed E-state index contributed by atoms with van der Waals surface area (Å²) in [6.45, 7) is 3.20. The quantitative estimate of drug-likeness (QED) is 0.605. The summed E-state index contributed by atoms with van der Waals surface area (Å²) in [5, 5.41) is 0. The van der Waals surface area contributed by atoms with Crippen LogP contribution in [0.2, 0.25) is 0 Å². The number of fused-ring (bicyclic) bond motifs is 1. The van der Waals surface area contributed by atoms with Crippen LogP contribution in [0.5, 0.6) is 0 Å². The number of alkyl halides is 2. The highest BCUT2D eigenvalue weighted by Crippen LogP contribution is 2.61. The zero-order valence-electron chi connectivity index (χ0n) is 12.7. The number of phosphoric ester groups is 1. The Kier molecular flexibility index (Phi) is 4.72. The van der Waals surface area contributed by atoms with E-state index in [1.807, 2.05) is 0 Å². The van der Waals surface area contributed by atoms with E-state index in [-0.39, 0.29) is 6.61 Å². The fourth-order valence-electron chi connectivity index (χ4n) is 2.49. The molecular weight excluding hydrogens is 386 g/mol. The Bertz CT molecular complexity index is 792. The number of nitrogens with zero attached hydrogens (tertiary/aromatic N) is 1. The van der Waals surface area contributed by atoms with Crippen molar-refractivity contribution < 1.29 is 22.9 Å². The van der Waals surface area contributed by atoms with Crippen molar-refractivity contribution in [2.24, 2.45) is 0 Å². The zero-order chi connectivity index (χ0) is 17.7. The highest BCUT2D eigenvalue weighted by atomic mass is 35.5. The van der Waals surface area contributed by atoms with Gasteiger partial charge in [-0.15, -0.1) is 0 Å². The first-order chi connectivity index (χ1) is 11.1. The third-order valence-corrected chi connectivity index (χ3v) is 5.87. The van der Waals surface area contributed by atoms with Crippen molar-refractivity contribution in [3.63, 3.8) is 0 Å². The topological polar surface area (TPSA) is 109 Å². The molecule has 3 rings (SSSR count). The molecule has 2 aliphatic rings. The first-order valence-electron chi connectivity index (χ1n) is 7.08. The van der Waals surface area contributed by atoms with Crippen molar-refractivity contribution in [3.05, 3.63) is 33.1 Å². The normalized spacial score (nSPS) is 35.1. The lowest BCUT2D eigenvalue weighted by atomic mass is 10.2. The largest absolute Gasteiger partial charge is 0.475 e. The molecule has 1 N–H and O–H groups in total. The summed E-state index contributed by atoms with van der Waals surface area (Å²) >= 11 is 12.7. The van der Waals surface area contributed by atoms with Crippen LogP contribution in [0.1, 0.15) is 20.1 Å². The molecule has 9 nitrogen and oxygen atoms in total. The average Bonchev–Trinajstić information content (AvgIpc) is 2.69. The Morgan fingerprint density at radius 1 is 1.46 bits per heavy atom. The fraction of sp³-hybridized carbons (Fsp3) is 0.667. The van der Waals surface area contributed by atoms with Crippen LogP contribution in [0.15, 0.2) is 21.9 Å². The molecule has 0 aliphatic carbocycles. The summed E-state index contributed by atoms with van der Waals surface area (Å²) in [5.74, 6) is 0. The van der Waals surface area contributed by atoms with Gasteiger partial charge in [0.1, 0.15) is 12.2 Å². The van der Waals surface area contributed by atoms with Crippen LogP contribution in [-0.4, -0.2) is 38.8 Å². The molecule has 0 bridgehead atoms. The Morgan fingerprint density at radius 3 is 2.79 bits per heavy atom. The summed E-state index contributed by atoms with van der Waals surface area (Å²) in [6.07, 6.45) is -2.19. The molecule has 12 heteroatoms. The van der Waals surface area contributed by atoms with Crippen molar-refractivity contribution in [2.75, 3.05) is 6.61 Å². The van der Waals surface area contributed by atoms with Gasteiger partial charge < -0.3 is 4.74 Å². The third-order valence-electron chi connectivity index (χ3n) is 3.43. The first kappa shape index (κ1) is 18.1. The lowest BCUT2D eigenvalue weighted by molar-refractivity contribution is -0.0748. The second-order valence-electron chi connectivity index (χ2n) is 5.64. The molecule has 3 heterocycles. The molecule has 0 saturated carbocycles. The Balaban J connectivity index is 1.91. The van der Waals surface area contributed by atoms with Crippen molar-refractivity contribution in [3.8, 4) is 0 Å². The SMILES string of the molecule is CC(C)O[P@]1(=O)OC[C@H]2O[C@@H](n3ccc(=O)[nH]c3=O)C(Cl)(Cl)[C@@H]2O1. The minimum absolute atomic E-state index is 0.134. The third kappa shape index (κ3) is 3.22. The number of hydrogen-bond acceptors (Lipinski definition) is 7. The minimum atomic E-state index is -3.85. The highest BCUT2D eigenvalue weighted by Gasteiger charge is 2.62. The van der Waals surface area contributed by atoms with Gasteiger partial charge in [0.15, 0.2) is 10.6 Å². The summed E-state index contributed by atoms with van der Waals surface area (Å²) in [5.41, 5.74) is -1.32. The summed E-state index contributed by atoms with van der Waals surface area (Å²) in [6, 6.07) is 1.13. The molecule has 0 aromatic carbocycles. The number of aromatic nitrogens is 2. The Hall–Kier alpha value is -0.670. The molecule has 1 aromatic heterocycles. The number of phosphoric acid groups is 1. The monoisotopic (exact) mass is 400 g/mol. The van der Waals surface area contributed by atoms with Crippen LogP contribution in [0, 0.1) is 0 Å². The Labute approximate surface area is 146 Å². The standard InChI is InChI=1S/C12H15Cl2N2O7P/c1-6(2)22-24(19)20-5-7-9(23-24)12(13,14)10(21-7)16-4-3-8(17)15-11(16)18/h3-4,6-7,9-10H,5H2,1-2H3,(H,15,17,18)/t7-,9-,10-,24+/m1/s1. The number of halogens is 2. The molecule has 1 aromatic rings. The average molecular weight is 401 g/mol. The van der Waals surface area contributed by atoms with Crippen molar-refractivity contribution in [1.82, 2.24) is 9.55 Å². The molecule has 2 saturated heterocycles. The molecule has 24 heavy (non-hydrogen) atoms. The number of hydrogen-bond donors (Lipinski definition) is 1. The molecule has 2 fully saturated rings. The maximum atomic E-state index is 12.5. The van der Waals surface area contributed by atoms with Gasteiger partial charge in [-0.05, 0) is 13.8 Å². The van der Waals surface area contributed by atoms with E-state index in [2.05, 4.69) is 4.98 Å². The zero-order valence-corrected chi connectivity index (χ0v) is 15.1. The van der Waals surface area contributed by atoms with Crippen LogP contribution >= 0.6 is 31.0 Å². The van der Waals surface area contributed by atoms with E-state index in [4.69, 9.17) is 41.5 Å². The number of ether oxygens (including phenoxy) is 1. The molecule has 0 radical (unpaired) electrons.